The van der Waals surface area contributed by atoms with Crippen molar-refractivity contribution in [1.82, 2.24) is 9.80 Å². The van der Waals surface area contributed by atoms with Crippen LogP contribution in [0.5, 0.6) is 0 Å². The summed E-state index contributed by atoms with van der Waals surface area (Å²) >= 11 is 5.99. The molecule has 134 valence electrons. The number of hydrogen-bond acceptors (Lipinski definition) is 4. The number of rotatable bonds is 7. The van der Waals surface area contributed by atoms with Crippen LogP contribution in [0.25, 0.3) is 0 Å². The van der Waals surface area contributed by atoms with Crippen LogP contribution in [-0.2, 0) is 21.1 Å². The van der Waals surface area contributed by atoms with E-state index in [0.29, 0.717) is 13.1 Å². The highest BCUT2D eigenvalue weighted by molar-refractivity contribution is 7.90. The summed E-state index contributed by atoms with van der Waals surface area (Å²) in [6.07, 6.45) is 3.31. The molecule has 0 spiro atoms. The molecule has 0 radical (unpaired) electrons. The standard InChI is InChI=1S/C17H25ClN2O3S/c1-24(22,23)13-7-17(21)20-11-9-19(10-12-20)8-3-5-15-4-2-6-16(18)14-15/h2,4,6,14H,3,5,7-13H2,1H3. The van der Waals surface area contributed by atoms with Crippen molar-refractivity contribution in [2.45, 2.75) is 19.3 Å². The number of carbonyl (C=O) groups excluding carboxylic acids is 1. The maximum Gasteiger partial charge on any atom is 0.223 e. The van der Waals surface area contributed by atoms with E-state index in [1.807, 2.05) is 18.2 Å². The molecule has 1 fully saturated rings. The van der Waals surface area contributed by atoms with Crippen LogP contribution in [0.2, 0.25) is 5.02 Å². The molecule has 2 rings (SSSR count). The Morgan fingerprint density at radius 3 is 2.54 bits per heavy atom. The largest absolute Gasteiger partial charge is 0.340 e. The summed E-state index contributed by atoms with van der Waals surface area (Å²) in [5.74, 6) is -0.120. The minimum atomic E-state index is -3.08. The van der Waals surface area contributed by atoms with Gasteiger partial charge in [-0.2, -0.15) is 0 Å². The molecular weight excluding hydrogens is 348 g/mol. The molecule has 1 amide bonds. The number of aryl methyl sites for hydroxylation is 1. The van der Waals surface area contributed by atoms with Crippen molar-refractivity contribution < 1.29 is 13.2 Å². The Morgan fingerprint density at radius 2 is 1.92 bits per heavy atom. The summed E-state index contributed by atoms with van der Waals surface area (Å²) in [5.41, 5.74) is 1.25. The molecule has 7 heteroatoms. The van der Waals surface area contributed by atoms with Crippen LogP contribution in [0, 0.1) is 0 Å². The van der Waals surface area contributed by atoms with Crippen LogP contribution in [0.1, 0.15) is 18.4 Å². The number of benzene rings is 1. The Hall–Kier alpha value is -1.11. The van der Waals surface area contributed by atoms with Crippen LogP contribution >= 0.6 is 11.6 Å². The van der Waals surface area contributed by atoms with Crippen LogP contribution < -0.4 is 0 Å². The zero-order chi connectivity index (χ0) is 17.6. The average Bonchev–Trinajstić information content (AvgIpc) is 2.53. The lowest BCUT2D eigenvalue weighted by atomic mass is 10.1. The van der Waals surface area contributed by atoms with E-state index in [0.717, 1.165) is 43.8 Å². The summed E-state index contributed by atoms with van der Waals surface area (Å²) in [6.45, 7) is 4.05. The van der Waals surface area contributed by atoms with Gasteiger partial charge in [-0.25, -0.2) is 8.42 Å². The zero-order valence-corrected chi connectivity index (χ0v) is 15.7. The van der Waals surface area contributed by atoms with Crippen LogP contribution in [0.3, 0.4) is 0 Å². The third-order valence-corrected chi connectivity index (χ3v) is 5.42. The maximum absolute atomic E-state index is 12.0. The lowest BCUT2D eigenvalue weighted by Crippen LogP contribution is -2.49. The molecule has 0 aromatic heterocycles. The van der Waals surface area contributed by atoms with Crippen molar-refractivity contribution in [2.75, 3.05) is 44.7 Å². The molecule has 1 aliphatic heterocycles. The van der Waals surface area contributed by atoms with Gasteiger partial charge in [0.1, 0.15) is 9.84 Å². The first-order valence-electron chi connectivity index (χ1n) is 8.26. The molecule has 5 nitrogen and oxygen atoms in total. The first kappa shape index (κ1) is 19.2. The molecule has 0 atom stereocenters. The molecule has 1 aliphatic rings. The monoisotopic (exact) mass is 372 g/mol. The molecule has 24 heavy (non-hydrogen) atoms. The Kier molecular flexibility index (Phi) is 7.07. The summed E-state index contributed by atoms with van der Waals surface area (Å²) in [7, 11) is -3.08. The number of halogens is 1. The van der Waals surface area contributed by atoms with Gasteiger partial charge in [-0.05, 0) is 37.1 Å². The van der Waals surface area contributed by atoms with Crippen molar-refractivity contribution in [1.29, 1.82) is 0 Å². The van der Waals surface area contributed by atoms with Crippen LogP contribution in [0.4, 0.5) is 0 Å². The fourth-order valence-electron chi connectivity index (χ4n) is 2.85. The normalized spacial score (nSPS) is 16.3. The first-order valence-corrected chi connectivity index (χ1v) is 10.7. The van der Waals surface area contributed by atoms with Gasteiger partial charge < -0.3 is 4.90 Å². The van der Waals surface area contributed by atoms with E-state index >= 15 is 0 Å². The molecular formula is C17H25ClN2O3S. The van der Waals surface area contributed by atoms with Gasteiger partial charge in [0, 0.05) is 43.9 Å². The molecule has 1 heterocycles. The highest BCUT2D eigenvalue weighted by atomic mass is 35.5. The second-order valence-corrected chi connectivity index (χ2v) is 9.03. The second-order valence-electron chi connectivity index (χ2n) is 6.34. The third kappa shape index (κ3) is 6.79. The predicted molar refractivity (Wildman–Crippen MR) is 97.1 cm³/mol. The Labute approximate surface area is 149 Å². The fourth-order valence-corrected chi connectivity index (χ4v) is 3.61. The van der Waals surface area contributed by atoms with Gasteiger partial charge in [0.25, 0.3) is 0 Å². The number of sulfone groups is 1. The van der Waals surface area contributed by atoms with Crippen molar-refractivity contribution in [3.05, 3.63) is 34.9 Å². The summed E-state index contributed by atoms with van der Waals surface area (Å²) < 4.78 is 22.3. The quantitative estimate of drug-likeness (QED) is 0.733. The number of carbonyl (C=O) groups is 1. The van der Waals surface area contributed by atoms with Crippen molar-refractivity contribution in [3.63, 3.8) is 0 Å². The highest BCUT2D eigenvalue weighted by Gasteiger charge is 2.21. The second kappa shape index (κ2) is 8.83. The summed E-state index contributed by atoms with van der Waals surface area (Å²) in [4.78, 5) is 16.1. The SMILES string of the molecule is CS(=O)(=O)CCC(=O)N1CCN(CCCc2cccc(Cl)c2)CC1. The van der Waals surface area contributed by atoms with Gasteiger partial charge in [0.15, 0.2) is 0 Å². The van der Waals surface area contributed by atoms with Gasteiger partial charge in [0.05, 0.1) is 5.75 Å². The minimum Gasteiger partial charge on any atom is -0.340 e. The van der Waals surface area contributed by atoms with E-state index in [2.05, 4.69) is 11.0 Å². The van der Waals surface area contributed by atoms with Gasteiger partial charge in [-0.1, -0.05) is 23.7 Å². The Balaban J connectivity index is 1.66. The van der Waals surface area contributed by atoms with Gasteiger partial charge in [-0.3, -0.25) is 9.69 Å². The molecule has 0 saturated carbocycles. The van der Waals surface area contributed by atoms with Gasteiger partial charge >= 0.3 is 0 Å². The van der Waals surface area contributed by atoms with Crippen LogP contribution in [0.15, 0.2) is 24.3 Å². The molecule has 0 unspecified atom stereocenters. The van der Waals surface area contributed by atoms with E-state index in [4.69, 9.17) is 11.6 Å². The minimum absolute atomic E-state index is 0.0565. The average molecular weight is 373 g/mol. The summed E-state index contributed by atoms with van der Waals surface area (Å²) in [5, 5.41) is 0.772. The molecule has 0 aliphatic carbocycles. The molecule has 1 saturated heterocycles. The van der Waals surface area contributed by atoms with E-state index in [9.17, 15) is 13.2 Å². The number of piperazine rings is 1. The molecule has 0 N–H and O–H groups in total. The fraction of sp³-hybridized carbons (Fsp3) is 0.588. The Morgan fingerprint density at radius 1 is 1.21 bits per heavy atom. The molecule has 1 aromatic carbocycles. The van der Waals surface area contributed by atoms with E-state index < -0.39 is 9.84 Å². The smallest absolute Gasteiger partial charge is 0.223 e. The van der Waals surface area contributed by atoms with Gasteiger partial charge in [0.2, 0.25) is 5.91 Å². The van der Waals surface area contributed by atoms with Crippen molar-refractivity contribution in [3.8, 4) is 0 Å². The van der Waals surface area contributed by atoms with E-state index in [-0.39, 0.29) is 18.1 Å². The van der Waals surface area contributed by atoms with E-state index in [1.54, 1.807) is 4.90 Å². The third-order valence-electron chi connectivity index (χ3n) is 4.24. The van der Waals surface area contributed by atoms with Crippen LogP contribution in [-0.4, -0.2) is 68.9 Å². The molecule has 1 aromatic rings. The molecule has 0 bridgehead atoms. The number of nitrogens with zero attached hydrogens (tertiary/aromatic N) is 2. The summed E-state index contributed by atoms with van der Waals surface area (Å²) in [6, 6.07) is 7.94. The number of hydrogen-bond donors (Lipinski definition) is 0. The van der Waals surface area contributed by atoms with Gasteiger partial charge in [-0.15, -0.1) is 0 Å². The maximum atomic E-state index is 12.0. The lowest BCUT2D eigenvalue weighted by Gasteiger charge is -2.34. The van der Waals surface area contributed by atoms with E-state index in [1.165, 1.54) is 5.56 Å². The lowest BCUT2D eigenvalue weighted by molar-refractivity contribution is -0.132. The van der Waals surface area contributed by atoms with Crippen molar-refractivity contribution in [2.24, 2.45) is 0 Å². The topological polar surface area (TPSA) is 57.7 Å². The number of amides is 1. The Bertz CT molecular complexity index is 656. The highest BCUT2D eigenvalue weighted by Crippen LogP contribution is 2.13. The van der Waals surface area contributed by atoms with Crippen molar-refractivity contribution >= 4 is 27.3 Å². The first-order chi connectivity index (χ1) is 11.3. The zero-order valence-electron chi connectivity index (χ0n) is 14.1. The predicted octanol–water partition coefficient (Wildman–Crippen LogP) is 1.85.